The van der Waals surface area contributed by atoms with Gasteiger partial charge in [-0.15, -0.1) is 11.3 Å². The Bertz CT molecular complexity index is 992. The van der Waals surface area contributed by atoms with Crippen LogP contribution in [0.1, 0.15) is 17.1 Å². The summed E-state index contributed by atoms with van der Waals surface area (Å²) in [4.78, 5) is 16.0. The first-order valence-electron chi connectivity index (χ1n) is 9.44. The lowest BCUT2D eigenvalue weighted by atomic mass is 10.3. The van der Waals surface area contributed by atoms with Crippen molar-refractivity contribution in [1.29, 1.82) is 0 Å². The third-order valence-corrected chi connectivity index (χ3v) is 7.18. The third-order valence-electron chi connectivity index (χ3n) is 4.49. The average molecular weight is 448 g/mol. The van der Waals surface area contributed by atoms with Gasteiger partial charge in [-0.25, -0.2) is 12.7 Å². The monoisotopic (exact) mass is 447 g/mol. The zero-order chi connectivity index (χ0) is 21.6. The number of anilines is 1. The minimum absolute atomic E-state index is 0.131. The van der Waals surface area contributed by atoms with E-state index in [1.807, 2.05) is 23.6 Å². The molecule has 0 saturated heterocycles. The molecule has 30 heavy (non-hydrogen) atoms. The van der Waals surface area contributed by atoms with Crippen molar-refractivity contribution in [2.75, 3.05) is 26.0 Å². The predicted octanol–water partition coefficient (Wildman–Crippen LogP) is 3.62. The third kappa shape index (κ3) is 6.02. The van der Waals surface area contributed by atoms with Crippen molar-refractivity contribution in [1.82, 2.24) is 9.21 Å². The number of sulfonamides is 1. The van der Waals surface area contributed by atoms with Crippen LogP contribution in [0.2, 0.25) is 0 Å². The maximum absolute atomic E-state index is 12.4. The Labute approximate surface area is 181 Å². The van der Waals surface area contributed by atoms with E-state index in [1.165, 1.54) is 31.1 Å². The number of benzene rings is 1. The Morgan fingerprint density at radius 3 is 2.43 bits per heavy atom. The minimum Gasteiger partial charge on any atom is -0.468 e. The highest BCUT2D eigenvalue weighted by Crippen LogP contribution is 2.18. The molecule has 3 rings (SSSR count). The van der Waals surface area contributed by atoms with Crippen LogP contribution in [0.25, 0.3) is 0 Å². The zero-order valence-electron chi connectivity index (χ0n) is 16.9. The van der Waals surface area contributed by atoms with Gasteiger partial charge in [-0.3, -0.25) is 9.69 Å². The summed E-state index contributed by atoms with van der Waals surface area (Å²) in [6, 6.07) is 14.0. The number of nitrogens with zero attached hydrogens (tertiary/aromatic N) is 2. The standard InChI is InChI=1S/C21H25N3O4S2/c1-23(2)30(26,27)20-9-7-17(8-10-20)22-21(25)11-12-24(15-18-5-3-13-28-18)16-19-6-4-14-29-19/h3-10,13-14H,11-12,15-16H2,1-2H3,(H,22,25). The molecule has 2 aromatic heterocycles. The van der Waals surface area contributed by atoms with E-state index in [9.17, 15) is 13.2 Å². The summed E-state index contributed by atoms with van der Waals surface area (Å²) in [5.41, 5.74) is 0.563. The Morgan fingerprint density at radius 2 is 1.83 bits per heavy atom. The van der Waals surface area contributed by atoms with Gasteiger partial charge in [0.05, 0.1) is 17.7 Å². The number of amides is 1. The lowest BCUT2D eigenvalue weighted by molar-refractivity contribution is -0.116. The highest BCUT2D eigenvalue weighted by atomic mass is 32.2. The summed E-state index contributed by atoms with van der Waals surface area (Å²) in [6.07, 6.45) is 1.95. The van der Waals surface area contributed by atoms with Crippen molar-refractivity contribution in [3.05, 3.63) is 70.8 Å². The molecule has 7 nitrogen and oxygen atoms in total. The van der Waals surface area contributed by atoms with Crippen LogP contribution in [0.5, 0.6) is 0 Å². The number of carbonyl (C=O) groups excluding carboxylic acids is 1. The molecule has 9 heteroatoms. The maximum Gasteiger partial charge on any atom is 0.242 e. The van der Waals surface area contributed by atoms with Crippen molar-refractivity contribution >= 4 is 33.0 Å². The molecule has 3 aromatic rings. The summed E-state index contributed by atoms with van der Waals surface area (Å²) in [6.45, 7) is 1.93. The lowest BCUT2D eigenvalue weighted by Crippen LogP contribution is -2.27. The highest BCUT2D eigenvalue weighted by molar-refractivity contribution is 7.89. The second-order valence-electron chi connectivity index (χ2n) is 6.98. The van der Waals surface area contributed by atoms with Crippen LogP contribution in [-0.2, 0) is 27.9 Å². The van der Waals surface area contributed by atoms with Gasteiger partial charge in [-0.05, 0) is 47.8 Å². The van der Waals surface area contributed by atoms with Crippen LogP contribution in [0.4, 0.5) is 5.69 Å². The predicted molar refractivity (Wildman–Crippen MR) is 118 cm³/mol. The van der Waals surface area contributed by atoms with Gasteiger partial charge in [0.1, 0.15) is 5.76 Å². The number of hydrogen-bond donors (Lipinski definition) is 1. The molecule has 0 unspecified atom stereocenters. The fourth-order valence-corrected chi connectivity index (χ4v) is 4.51. The Balaban J connectivity index is 1.57. The SMILES string of the molecule is CN(C)S(=O)(=O)c1ccc(NC(=O)CCN(Cc2ccco2)Cc2cccs2)cc1. The van der Waals surface area contributed by atoms with Crippen molar-refractivity contribution < 1.29 is 17.6 Å². The molecule has 0 bridgehead atoms. The molecule has 0 aliphatic heterocycles. The van der Waals surface area contributed by atoms with Gasteiger partial charge in [0, 0.05) is 44.2 Å². The first kappa shape index (κ1) is 22.2. The molecule has 0 aliphatic rings. The summed E-state index contributed by atoms with van der Waals surface area (Å²) in [5.74, 6) is 0.721. The van der Waals surface area contributed by atoms with E-state index in [2.05, 4.69) is 16.3 Å². The zero-order valence-corrected chi connectivity index (χ0v) is 18.6. The van der Waals surface area contributed by atoms with E-state index in [0.717, 1.165) is 16.6 Å². The normalized spacial score (nSPS) is 11.9. The van der Waals surface area contributed by atoms with Crippen LogP contribution in [-0.4, -0.2) is 44.2 Å². The van der Waals surface area contributed by atoms with E-state index in [1.54, 1.807) is 29.7 Å². The summed E-state index contributed by atoms with van der Waals surface area (Å²) < 4.78 is 30.9. The van der Waals surface area contributed by atoms with Gasteiger partial charge >= 0.3 is 0 Å². The number of thiophene rings is 1. The summed E-state index contributed by atoms with van der Waals surface area (Å²) in [7, 11) is -0.524. The van der Waals surface area contributed by atoms with Gasteiger partial charge in [-0.2, -0.15) is 0 Å². The van der Waals surface area contributed by atoms with Crippen LogP contribution in [0, 0.1) is 0 Å². The molecule has 1 aromatic carbocycles. The fourth-order valence-electron chi connectivity index (χ4n) is 2.86. The number of rotatable bonds is 10. The first-order valence-corrected chi connectivity index (χ1v) is 11.8. The fraction of sp³-hybridized carbons (Fsp3) is 0.286. The van der Waals surface area contributed by atoms with Crippen LogP contribution < -0.4 is 5.32 Å². The van der Waals surface area contributed by atoms with E-state index in [4.69, 9.17) is 4.42 Å². The van der Waals surface area contributed by atoms with Gasteiger partial charge in [0.15, 0.2) is 0 Å². The molecule has 0 fully saturated rings. The second kappa shape index (κ2) is 10.0. The molecule has 1 N–H and O–H groups in total. The Kier molecular flexibility index (Phi) is 7.43. The molecule has 2 heterocycles. The summed E-state index contributed by atoms with van der Waals surface area (Å²) >= 11 is 1.68. The van der Waals surface area contributed by atoms with E-state index in [-0.39, 0.29) is 10.8 Å². The van der Waals surface area contributed by atoms with E-state index in [0.29, 0.717) is 25.2 Å². The van der Waals surface area contributed by atoms with Crippen LogP contribution in [0.15, 0.2) is 69.5 Å². The van der Waals surface area contributed by atoms with Crippen molar-refractivity contribution in [2.45, 2.75) is 24.4 Å². The maximum atomic E-state index is 12.4. The van der Waals surface area contributed by atoms with Crippen molar-refractivity contribution in [2.24, 2.45) is 0 Å². The highest BCUT2D eigenvalue weighted by Gasteiger charge is 2.17. The van der Waals surface area contributed by atoms with Gasteiger partial charge in [0.25, 0.3) is 0 Å². The molecule has 160 valence electrons. The summed E-state index contributed by atoms with van der Waals surface area (Å²) in [5, 5.41) is 4.86. The molecular formula is C21H25N3O4S2. The number of hydrogen-bond acceptors (Lipinski definition) is 6. The van der Waals surface area contributed by atoms with Gasteiger partial charge in [-0.1, -0.05) is 6.07 Å². The molecule has 0 radical (unpaired) electrons. The quantitative estimate of drug-likeness (QED) is 0.513. The van der Waals surface area contributed by atoms with Gasteiger partial charge < -0.3 is 9.73 Å². The van der Waals surface area contributed by atoms with Crippen molar-refractivity contribution in [3.63, 3.8) is 0 Å². The Hall–Kier alpha value is -2.46. The topological polar surface area (TPSA) is 82.9 Å². The van der Waals surface area contributed by atoms with Gasteiger partial charge in [0.2, 0.25) is 15.9 Å². The van der Waals surface area contributed by atoms with Crippen LogP contribution >= 0.6 is 11.3 Å². The molecule has 0 spiro atoms. The first-order chi connectivity index (χ1) is 14.3. The van der Waals surface area contributed by atoms with E-state index >= 15 is 0 Å². The minimum atomic E-state index is -3.49. The second-order valence-corrected chi connectivity index (χ2v) is 10.2. The molecule has 0 atom stereocenters. The van der Waals surface area contributed by atoms with Crippen LogP contribution in [0.3, 0.4) is 0 Å². The van der Waals surface area contributed by atoms with Crippen molar-refractivity contribution in [3.8, 4) is 0 Å². The number of nitrogens with one attached hydrogen (secondary N) is 1. The Morgan fingerprint density at radius 1 is 1.07 bits per heavy atom. The molecular weight excluding hydrogens is 422 g/mol. The average Bonchev–Trinajstić information content (AvgIpc) is 3.41. The number of carbonyl (C=O) groups is 1. The van der Waals surface area contributed by atoms with E-state index < -0.39 is 10.0 Å². The molecule has 1 amide bonds. The number of furan rings is 1. The molecule has 0 aliphatic carbocycles. The lowest BCUT2D eigenvalue weighted by Gasteiger charge is -2.20. The molecule has 0 saturated carbocycles. The smallest absolute Gasteiger partial charge is 0.242 e. The largest absolute Gasteiger partial charge is 0.468 e.